The summed E-state index contributed by atoms with van der Waals surface area (Å²) >= 11 is 0. The molecule has 1 N–H and O–H groups in total. The maximum atomic E-state index is 14.6. The Bertz CT molecular complexity index is 1350. The minimum absolute atomic E-state index is 0.0281. The number of amides is 1. The van der Waals surface area contributed by atoms with Gasteiger partial charge in [0, 0.05) is 37.1 Å². The molecule has 0 saturated heterocycles. The van der Waals surface area contributed by atoms with Crippen molar-refractivity contribution in [1.29, 1.82) is 0 Å². The fourth-order valence-electron chi connectivity index (χ4n) is 3.50. The van der Waals surface area contributed by atoms with Crippen LogP contribution in [-0.4, -0.2) is 22.5 Å². The third kappa shape index (κ3) is 5.34. The highest BCUT2D eigenvalue weighted by Crippen LogP contribution is 2.33. The quantitative estimate of drug-likeness (QED) is 0.404. The van der Waals surface area contributed by atoms with Crippen molar-refractivity contribution in [2.75, 3.05) is 5.32 Å². The highest BCUT2D eigenvalue weighted by Gasteiger charge is 2.31. The van der Waals surface area contributed by atoms with E-state index in [0.717, 1.165) is 6.07 Å². The zero-order chi connectivity index (χ0) is 25.3. The Balaban J connectivity index is 1.47. The highest BCUT2D eigenvalue weighted by atomic mass is 19.4. The third-order valence-electron chi connectivity index (χ3n) is 5.24. The summed E-state index contributed by atoms with van der Waals surface area (Å²) in [5.41, 5.74) is -1.27. The molecule has 0 unspecified atom stereocenters. The van der Waals surface area contributed by atoms with Gasteiger partial charge in [0.25, 0.3) is 5.91 Å². The standard InChI is InChI=1S/C24H15F5N2O4/c25-18-4-2-14(24(27,28)29)7-13(18)9-15(32)8-12-1-3-16(10-19(12)26)35-21-5-6-30-22-17(21)11-20(33)23(34)31-22/h1-7,10H,8-9,11H2,(H,30,31,34). The first-order chi connectivity index (χ1) is 16.5. The summed E-state index contributed by atoms with van der Waals surface area (Å²) in [5.74, 6) is -3.62. The van der Waals surface area contributed by atoms with E-state index in [1.54, 1.807) is 0 Å². The third-order valence-corrected chi connectivity index (χ3v) is 5.24. The number of ketones is 2. The van der Waals surface area contributed by atoms with Gasteiger partial charge in [0.1, 0.15) is 34.7 Å². The second kappa shape index (κ2) is 9.24. The number of anilines is 1. The average Bonchev–Trinajstić information content (AvgIpc) is 2.78. The number of ether oxygens (including phenoxy) is 1. The molecular formula is C24H15F5N2O4. The van der Waals surface area contributed by atoms with Crippen LogP contribution in [0.4, 0.5) is 27.8 Å². The van der Waals surface area contributed by atoms with Gasteiger partial charge in [-0.2, -0.15) is 13.2 Å². The van der Waals surface area contributed by atoms with Gasteiger partial charge in [-0.05, 0) is 41.5 Å². The predicted octanol–water partition coefficient (Wildman–Crippen LogP) is 4.59. The van der Waals surface area contributed by atoms with Gasteiger partial charge in [0.15, 0.2) is 0 Å². The van der Waals surface area contributed by atoms with Crippen molar-refractivity contribution >= 4 is 23.3 Å². The van der Waals surface area contributed by atoms with Crippen molar-refractivity contribution in [3.63, 3.8) is 0 Å². The van der Waals surface area contributed by atoms with E-state index >= 15 is 0 Å². The summed E-state index contributed by atoms with van der Waals surface area (Å²) in [6, 6.07) is 6.80. The van der Waals surface area contributed by atoms with Gasteiger partial charge >= 0.3 is 6.18 Å². The normalized spacial score (nSPS) is 13.3. The number of hydrogen-bond donors (Lipinski definition) is 1. The number of halogens is 5. The maximum absolute atomic E-state index is 14.6. The summed E-state index contributed by atoms with van der Waals surface area (Å²) in [6.45, 7) is 0. The summed E-state index contributed by atoms with van der Waals surface area (Å²) in [7, 11) is 0. The summed E-state index contributed by atoms with van der Waals surface area (Å²) < 4.78 is 72.7. The lowest BCUT2D eigenvalue weighted by Gasteiger charge is -2.18. The van der Waals surface area contributed by atoms with Crippen molar-refractivity contribution < 1.29 is 41.1 Å². The van der Waals surface area contributed by atoms with Crippen LogP contribution in [0.3, 0.4) is 0 Å². The molecule has 0 bridgehead atoms. The number of fused-ring (bicyclic) bond motifs is 1. The minimum Gasteiger partial charge on any atom is -0.457 e. The van der Waals surface area contributed by atoms with Crippen LogP contribution in [-0.2, 0) is 39.8 Å². The molecule has 0 radical (unpaired) electrons. The largest absolute Gasteiger partial charge is 0.457 e. The Morgan fingerprint density at radius 1 is 0.971 bits per heavy atom. The van der Waals surface area contributed by atoms with Crippen LogP contribution in [0.2, 0.25) is 0 Å². The van der Waals surface area contributed by atoms with Crippen LogP contribution in [0.1, 0.15) is 22.3 Å². The van der Waals surface area contributed by atoms with E-state index in [1.165, 1.54) is 24.4 Å². The molecule has 0 fully saturated rings. The van der Waals surface area contributed by atoms with Crippen molar-refractivity contribution in [3.8, 4) is 11.5 Å². The molecule has 2 aromatic carbocycles. The molecule has 1 amide bonds. The second-order valence-corrected chi connectivity index (χ2v) is 7.74. The van der Waals surface area contributed by atoms with Gasteiger partial charge in [-0.1, -0.05) is 6.07 Å². The molecule has 35 heavy (non-hydrogen) atoms. The smallest absolute Gasteiger partial charge is 0.416 e. The molecule has 3 aromatic rings. The number of alkyl halides is 3. The zero-order valence-corrected chi connectivity index (χ0v) is 17.7. The topological polar surface area (TPSA) is 85.4 Å². The molecule has 0 saturated carbocycles. The van der Waals surface area contributed by atoms with Crippen LogP contribution in [0.15, 0.2) is 48.7 Å². The molecule has 180 valence electrons. The van der Waals surface area contributed by atoms with Crippen LogP contribution in [0.25, 0.3) is 0 Å². The number of carbonyl (C=O) groups excluding carboxylic acids is 3. The first-order valence-corrected chi connectivity index (χ1v) is 10.2. The number of rotatable bonds is 6. The van der Waals surface area contributed by atoms with E-state index in [1.807, 2.05) is 0 Å². The van der Waals surface area contributed by atoms with Gasteiger partial charge in [-0.3, -0.25) is 14.4 Å². The van der Waals surface area contributed by atoms with E-state index in [-0.39, 0.29) is 29.3 Å². The average molecular weight is 490 g/mol. The lowest BCUT2D eigenvalue weighted by molar-refractivity contribution is -0.137. The highest BCUT2D eigenvalue weighted by molar-refractivity contribution is 6.42. The molecule has 1 aliphatic heterocycles. The van der Waals surface area contributed by atoms with Crippen LogP contribution in [0, 0.1) is 11.6 Å². The van der Waals surface area contributed by atoms with Gasteiger partial charge in [0.05, 0.1) is 5.56 Å². The molecule has 2 heterocycles. The number of carbonyl (C=O) groups is 3. The van der Waals surface area contributed by atoms with Crippen molar-refractivity contribution in [2.24, 2.45) is 0 Å². The Morgan fingerprint density at radius 3 is 2.43 bits per heavy atom. The number of hydrogen-bond acceptors (Lipinski definition) is 5. The van der Waals surface area contributed by atoms with Crippen LogP contribution >= 0.6 is 0 Å². The number of nitrogens with one attached hydrogen (secondary N) is 1. The molecule has 0 atom stereocenters. The Labute approximate surface area is 194 Å². The first-order valence-electron chi connectivity index (χ1n) is 10.2. The van der Waals surface area contributed by atoms with Crippen LogP contribution in [0.5, 0.6) is 11.5 Å². The van der Waals surface area contributed by atoms with E-state index in [4.69, 9.17) is 4.74 Å². The number of pyridine rings is 1. The monoisotopic (exact) mass is 490 g/mol. The zero-order valence-electron chi connectivity index (χ0n) is 17.7. The lowest BCUT2D eigenvalue weighted by Crippen LogP contribution is -2.30. The van der Waals surface area contributed by atoms with Gasteiger partial charge in [-0.25, -0.2) is 13.8 Å². The molecular weight excluding hydrogens is 475 g/mol. The SMILES string of the molecule is O=C(Cc1ccc(Oc2ccnc3c2CC(=O)C(=O)N3)cc1F)Cc1cc(C(F)(F)F)ccc1F. The molecule has 0 aliphatic carbocycles. The Morgan fingerprint density at radius 2 is 1.71 bits per heavy atom. The van der Waals surface area contributed by atoms with Crippen LogP contribution < -0.4 is 10.1 Å². The molecule has 4 rings (SSSR count). The van der Waals surface area contributed by atoms with Crippen molar-refractivity contribution in [3.05, 3.63) is 82.5 Å². The molecule has 1 aromatic heterocycles. The Kier molecular flexibility index (Phi) is 6.33. The summed E-state index contributed by atoms with van der Waals surface area (Å²) in [4.78, 5) is 39.5. The van der Waals surface area contributed by atoms with Crippen molar-refractivity contribution in [1.82, 2.24) is 4.98 Å². The van der Waals surface area contributed by atoms with Gasteiger partial charge in [0.2, 0.25) is 5.78 Å². The summed E-state index contributed by atoms with van der Waals surface area (Å²) in [6.07, 6.45) is -4.73. The maximum Gasteiger partial charge on any atom is 0.416 e. The molecule has 6 nitrogen and oxygen atoms in total. The Hall–Kier alpha value is -4.15. The second-order valence-electron chi connectivity index (χ2n) is 7.74. The summed E-state index contributed by atoms with van der Waals surface area (Å²) in [5, 5.41) is 2.33. The van der Waals surface area contributed by atoms with Crippen molar-refractivity contribution in [2.45, 2.75) is 25.4 Å². The number of benzene rings is 2. The fraction of sp³-hybridized carbons (Fsp3) is 0.167. The van der Waals surface area contributed by atoms with Gasteiger partial charge < -0.3 is 10.1 Å². The molecule has 11 heteroatoms. The number of aromatic nitrogens is 1. The lowest BCUT2D eigenvalue weighted by atomic mass is 10.00. The van der Waals surface area contributed by atoms with Gasteiger partial charge in [-0.15, -0.1) is 0 Å². The number of Topliss-reactive ketones (excluding diaryl/α,β-unsaturated/α-hetero) is 2. The number of nitrogens with zero attached hydrogens (tertiary/aromatic N) is 1. The predicted molar refractivity (Wildman–Crippen MR) is 112 cm³/mol. The molecule has 1 aliphatic rings. The first kappa shape index (κ1) is 24.0. The van der Waals surface area contributed by atoms with E-state index in [2.05, 4.69) is 10.3 Å². The van der Waals surface area contributed by atoms with E-state index in [9.17, 15) is 36.3 Å². The molecule has 0 spiro atoms. The van der Waals surface area contributed by atoms with E-state index in [0.29, 0.717) is 23.8 Å². The minimum atomic E-state index is -4.69. The van der Waals surface area contributed by atoms with E-state index < -0.39 is 59.3 Å². The fourth-order valence-corrected chi connectivity index (χ4v) is 3.50.